The maximum Gasteiger partial charge on any atom is 0.231 e. The van der Waals surface area contributed by atoms with Crippen LogP contribution in [0.3, 0.4) is 0 Å². The van der Waals surface area contributed by atoms with Crippen molar-refractivity contribution in [2.24, 2.45) is 5.92 Å². The molecule has 0 bridgehead atoms. The van der Waals surface area contributed by atoms with Gasteiger partial charge in [-0.1, -0.05) is 11.6 Å². The van der Waals surface area contributed by atoms with E-state index >= 15 is 0 Å². The van der Waals surface area contributed by atoms with Crippen molar-refractivity contribution >= 4 is 34.0 Å². The van der Waals surface area contributed by atoms with Crippen LogP contribution in [0.15, 0.2) is 47.8 Å². The molecule has 1 unspecified atom stereocenters. The summed E-state index contributed by atoms with van der Waals surface area (Å²) in [5, 5.41) is 5.25. The van der Waals surface area contributed by atoms with Gasteiger partial charge in [0.2, 0.25) is 11.8 Å². The summed E-state index contributed by atoms with van der Waals surface area (Å²) in [4.78, 5) is 31.5. The zero-order chi connectivity index (χ0) is 22.0. The topological polar surface area (TPSA) is 80.8 Å². The molecule has 1 saturated heterocycles. The molecule has 8 heteroatoms. The Morgan fingerprint density at radius 3 is 2.65 bits per heavy atom. The second kappa shape index (κ2) is 8.77. The first-order chi connectivity index (χ1) is 15.0. The second-order valence-corrected chi connectivity index (χ2v) is 8.19. The second-order valence-electron chi connectivity index (χ2n) is 7.33. The lowest BCUT2D eigenvalue weighted by Crippen LogP contribution is -2.28. The smallest absolute Gasteiger partial charge is 0.231 e. The van der Waals surface area contributed by atoms with Crippen LogP contribution in [0.5, 0.6) is 11.5 Å². The third-order valence-corrected chi connectivity index (χ3v) is 6.00. The molecule has 3 aromatic rings. The number of hydrogen-bond donors (Lipinski definition) is 1. The van der Waals surface area contributed by atoms with Gasteiger partial charge in [-0.15, -0.1) is 11.3 Å². The predicted octanol–water partition coefficient (Wildman–Crippen LogP) is 4.13. The van der Waals surface area contributed by atoms with Crippen molar-refractivity contribution in [1.29, 1.82) is 0 Å². The Balaban J connectivity index is 1.45. The van der Waals surface area contributed by atoms with Crippen molar-refractivity contribution in [2.45, 2.75) is 13.3 Å². The van der Waals surface area contributed by atoms with Gasteiger partial charge in [0, 0.05) is 29.6 Å². The van der Waals surface area contributed by atoms with Gasteiger partial charge in [0.15, 0.2) is 5.13 Å². The predicted molar refractivity (Wildman–Crippen MR) is 121 cm³/mol. The zero-order valence-electron chi connectivity index (χ0n) is 17.5. The van der Waals surface area contributed by atoms with Gasteiger partial charge in [0.05, 0.1) is 25.8 Å². The average molecular weight is 438 g/mol. The number of anilines is 2. The van der Waals surface area contributed by atoms with Crippen LogP contribution in [0.4, 0.5) is 10.8 Å². The molecule has 0 spiro atoms. The lowest BCUT2D eigenvalue weighted by atomic mass is 10.1. The van der Waals surface area contributed by atoms with Crippen LogP contribution in [0, 0.1) is 12.8 Å². The van der Waals surface area contributed by atoms with Gasteiger partial charge in [-0.25, -0.2) is 4.98 Å². The number of nitrogens with one attached hydrogen (secondary N) is 1. The summed E-state index contributed by atoms with van der Waals surface area (Å²) in [6.07, 6.45) is 0.168. The van der Waals surface area contributed by atoms with E-state index in [0.29, 0.717) is 11.7 Å². The third kappa shape index (κ3) is 4.39. The highest BCUT2D eigenvalue weighted by atomic mass is 32.1. The number of thiazole rings is 1. The first-order valence-electron chi connectivity index (χ1n) is 9.84. The van der Waals surface area contributed by atoms with Gasteiger partial charge in [0.25, 0.3) is 0 Å². The highest BCUT2D eigenvalue weighted by molar-refractivity contribution is 7.14. The van der Waals surface area contributed by atoms with Crippen molar-refractivity contribution in [1.82, 2.24) is 4.98 Å². The molecular formula is C23H23N3O4S. The number of carbonyl (C=O) groups is 2. The number of amides is 2. The van der Waals surface area contributed by atoms with Crippen molar-refractivity contribution in [3.8, 4) is 22.8 Å². The molecule has 31 heavy (non-hydrogen) atoms. The van der Waals surface area contributed by atoms with E-state index in [2.05, 4.69) is 10.3 Å². The molecule has 1 aromatic heterocycles. The monoisotopic (exact) mass is 437 g/mol. The van der Waals surface area contributed by atoms with Gasteiger partial charge in [-0.05, 0) is 43.3 Å². The first-order valence-corrected chi connectivity index (χ1v) is 10.7. The summed E-state index contributed by atoms with van der Waals surface area (Å²) in [6.45, 7) is 2.34. The number of aromatic nitrogens is 1. The molecule has 2 aromatic carbocycles. The molecule has 0 saturated carbocycles. The van der Waals surface area contributed by atoms with E-state index in [9.17, 15) is 9.59 Å². The molecule has 0 aliphatic carbocycles. The molecule has 0 radical (unpaired) electrons. The maximum absolute atomic E-state index is 12.8. The van der Waals surface area contributed by atoms with Crippen LogP contribution in [0.1, 0.15) is 12.0 Å². The molecule has 1 aliphatic heterocycles. The van der Waals surface area contributed by atoms with E-state index in [1.807, 2.05) is 42.6 Å². The molecule has 4 rings (SSSR count). The fraction of sp³-hybridized carbons (Fsp3) is 0.261. The number of hydrogen-bond acceptors (Lipinski definition) is 6. The standard InChI is InChI=1S/C23H23N3O4S/c1-14-4-9-20(30-3)18(10-14)19-13-31-23(24-19)25-22(28)15-11-21(27)26(12-15)16-5-7-17(29-2)8-6-16/h4-10,13,15H,11-12H2,1-3H3,(H,24,25,28). The van der Waals surface area contributed by atoms with Crippen LogP contribution >= 0.6 is 11.3 Å². The number of methoxy groups -OCH3 is 2. The Morgan fingerprint density at radius 1 is 1.16 bits per heavy atom. The lowest BCUT2D eigenvalue weighted by molar-refractivity contribution is -0.122. The molecule has 1 N–H and O–H groups in total. The summed E-state index contributed by atoms with van der Waals surface area (Å²) in [6, 6.07) is 13.1. The largest absolute Gasteiger partial charge is 0.497 e. The number of nitrogens with zero attached hydrogens (tertiary/aromatic N) is 2. The Kier molecular flexibility index (Phi) is 5.90. The van der Waals surface area contributed by atoms with E-state index < -0.39 is 5.92 Å². The molecule has 160 valence electrons. The summed E-state index contributed by atoms with van der Waals surface area (Å²) in [7, 11) is 3.21. The van der Waals surface area contributed by atoms with E-state index in [4.69, 9.17) is 9.47 Å². The highest BCUT2D eigenvalue weighted by Gasteiger charge is 2.35. The van der Waals surface area contributed by atoms with E-state index in [-0.39, 0.29) is 18.2 Å². The summed E-state index contributed by atoms with van der Waals surface area (Å²) >= 11 is 1.35. The Morgan fingerprint density at radius 2 is 1.94 bits per heavy atom. The van der Waals surface area contributed by atoms with Crippen LogP contribution in [0.2, 0.25) is 0 Å². The van der Waals surface area contributed by atoms with Crippen LogP contribution in [-0.4, -0.2) is 37.6 Å². The number of ether oxygens (including phenoxy) is 2. The molecule has 2 amide bonds. The average Bonchev–Trinajstić information content (AvgIpc) is 3.40. The maximum atomic E-state index is 12.8. The summed E-state index contributed by atoms with van der Waals surface area (Å²) in [5.41, 5.74) is 3.46. The van der Waals surface area contributed by atoms with E-state index in [1.165, 1.54) is 11.3 Å². The van der Waals surface area contributed by atoms with Gasteiger partial charge < -0.3 is 19.7 Å². The van der Waals surface area contributed by atoms with Gasteiger partial charge >= 0.3 is 0 Å². The van der Waals surface area contributed by atoms with Gasteiger partial charge in [-0.3, -0.25) is 9.59 Å². The normalized spacial score (nSPS) is 15.8. The highest BCUT2D eigenvalue weighted by Crippen LogP contribution is 2.33. The minimum absolute atomic E-state index is 0.0744. The summed E-state index contributed by atoms with van der Waals surface area (Å²) < 4.78 is 10.6. The fourth-order valence-electron chi connectivity index (χ4n) is 3.58. The van der Waals surface area contributed by atoms with E-state index in [1.54, 1.807) is 31.3 Å². The number of rotatable bonds is 6. The quantitative estimate of drug-likeness (QED) is 0.627. The molecular weight excluding hydrogens is 414 g/mol. The van der Waals surface area contributed by atoms with Crippen LogP contribution < -0.4 is 19.7 Å². The zero-order valence-corrected chi connectivity index (χ0v) is 18.4. The van der Waals surface area contributed by atoms with Crippen molar-refractivity contribution in [2.75, 3.05) is 31.0 Å². The third-order valence-electron chi connectivity index (χ3n) is 5.25. The molecule has 1 aliphatic rings. The molecule has 7 nitrogen and oxygen atoms in total. The first kappa shape index (κ1) is 20.9. The number of carbonyl (C=O) groups excluding carboxylic acids is 2. The van der Waals surface area contributed by atoms with Crippen LogP contribution in [0.25, 0.3) is 11.3 Å². The van der Waals surface area contributed by atoms with Crippen molar-refractivity contribution in [3.63, 3.8) is 0 Å². The Bertz CT molecular complexity index is 1110. The minimum atomic E-state index is -0.435. The Labute approximate surface area is 184 Å². The molecule has 2 heterocycles. The Hall–Kier alpha value is -3.39. The minimum Gasteiger partial charge on any atom is -0.497 e. The van der Waals surface area contributed by atoms with E-state index in [0.717, 1.165) is 34.0 Å². The lowest BCUT2D eigenvalue weighted by Gasteiger charge is -2.16. The van der Waals surface area contributed by atoms with Crippen LogP contribution in [-0.2, 0) is 9.59 Å². The number of aryl methyl sites for hydroxylation is 1. The van der Waals surface area contributed by atoms with Gasteiger partial charge in [0.1, 0.15) is 11.5 Å². The number of benzene rings is 2. The fourth-order valence-corrected chi connectivity index (χ4v) is 4.29. The molecule has 1 fully saturated rings. The van der Waals surface area contributed by atoms with Crippen molar-refractivity contribution in [3.05, 3.63) is 53.4 Å². The summed E-state index contributed by atoms with van der Waals surface area (Å²) in [5.74, 6) is 0.728. The van der Waals surface area contributed by atoms with Crippen molar-refractivity contribution < 1.29 is 19.1 Å². The SMILES string of the molecule is COc1ccc(N2CC(C(=O)Nc3nc(-c4cc(C)ccc4OC)cs3)CC2=O)cc1. The molecule has 1 atom stereocenters. The van der Waals surface area contributed by atoms with Gasteiger partial charge in [-0.2, -0.15) is 0 Å².